The number of Topliss-reactive ketones (excluding diaryl/α,β-unsaturated/α-hetero) is 1. The van der Waals surface area contributed by atoms with Crippen molar-refractivity contribution < 1.29 is 24.5 Å². The van der Waals surface area contributed by atoms with Crippen molar-refractivity contribution in [3.63, 3.8) is 0 Å². The fraction of sp³-hybridized carbons (Fsp3) is 0.818. The van der Waals surface area contributed by atoms with Crippen LogP contribution in [-0.4, -0.2) is 39.3 Å². The van der Waals surface area contributed by atoms with Crippen LogP contribution in [0.5, 0.6) is 0 Å². The molecule has 2 N–H and O–H groups in total. The lowest BCUT2D eigenvalue weighted by Crippen LogP contribution is -2.63. The van der Waals surface area contributed by atoms with Gasteiger partial charge in [0.1, 0.15) is 17.3 Å². The van der Waals surface area contributed by atoms with Crippen molar-refractivity contribution >= 4 is 11.8 Å². The number of ether oxygens (including phenoxy) is 1. The molecule has 6 atom stereocenters. The van der Waals surface area contributed by atoms with Crippen LogP contribution in [0.4, 0.5) is 0 Å². The summed E-state index contributed by atoms with van der Waals surface area (Å²) in [6.45, 7) is 14.6. The van der Waals surface area contributed by atoms with Crippen molar-refractivity contribution in [3.05, 3.63) is 12.7 Å². The van der Waals surface area contributed by atoms with Crippen LogP contribution in [0.3, 0.4) is 0 Å². The Bertz CT molecular complexity index is 618. The summed E-state index contributed by atoms with van der Waals surface area (Å²) >= 11 is 0. The van der Waals surface area contributed by atoms with Gasteiger partial charge >= 0.3 is 5.97 Å². The Morgan fingerprint density at radius 3 is 2.48 bits per heavy atom. The molecule has 0 amide bonds. The van der Waals surface area contributed by atoms with Gasteiger partial charge in [-0.2, -0.15) is 0 Å². The van der Waals surface area contributed by atoms with Crippen molar-refractivity contribution in [2.24, 2.45) is 22.7 Å². The number of ketones is 1. The molecule has 0 spiro atoms. The first-order valence-electron chi connectivity index (χ1n) is 9.97. The maximum absolute atomic E-state index is 12.9. The lowest BCUT2D eigenvalue weighted by atomic mass is 9.44. The number of hydrogen-bond donors (Lipinski definition) is 2. The molecule has 2 aliphatic carbocycles. The fourth-order valence-electron chi connectivity index (χ4n) is 5.77. The molecular weight excluding hydrogens is 344 g/mol. The molecule has 0 saturated heterocycles. The maximum Gasteiger partial charge on any atom is 0.303 e. The Morgan fingerprint density at radius 2 is 1.96 bits per heavy atom. The number of fused-ring (bicyclic) bond motifs is 1. The summed E-state index contributed by atoms with van der Waals surface area (Å²) in [7, 11) is 0. The zero-order chi connectivity index (χ0) is 20.8. The Balaban J connectivity index is 2.49. The van der Waals surface area contributed by atoms with E-state index in [4.69, 9.17) is 4.74 Å². The van der Waals surface area contributed by atoms with Crippen molar-refractivity contribution in [3.8, 4) is 0 Å². The van der Waals surface area contributed by atoms with Crippen molar-refractivity contribution in [1.29, 1.82) is 0 Å². The van der Waals surface area contributed by atoms with E-state index in [0.29, 0.717) is 6.42 Å². The van der Waals surface area contributed by atoms with E-state index < -0.39 is 29.2 Å². The predicted octanol–water partition coefficient (Wildman–Crippen LogP) is 3.42. The Morgan fingerprint density at radius 1 is 1.37 bits per heavy atom. The van der Waals surface area contributed by atoms with Crippen molar-refractivity contribution in [1.82, 2.24) is 0 Å². The predicted molar refractivity (Wildman–Crippen MR) is 104 cm³/mol. The number of carbonyl (C=O) groups is 2. The van der Waals surface area contributed by atoms with Gasteiger partial charge in [-0.3, -0.25) is 9.59 Å². The maximum atomic E-state index is 12.9. The largest absolute Gasteiger partial charge is 0.459 e. The molecule has 2 saturated carbocycles. The highest BCUT2D eigenvalue weighted by atomic mass is 16.6. The summed E-state index contributed by atoms with van der Waals surface area (Å²) in [4.78, 5) is 24.5. The molecule has 0 heterocycles. The molecule has 2 rings (SSSR count). The van der Waals surface area contributed by atoms with E-state index in [9.17, 15) is 19.8 Å². The molecule has 5 heteroatoms. The Labute approximate surface area is 163 Å². The van der Waals surface area contributed by atoms with E-state index in [1.54, 1.807) is 6.92 Å². The summed E-state index contributed by atoms with van der Waals surface area (Å²) in [6.07, 6.45) is 4.02. The monoisotopic (exact) mass is 380 g/mol. The fourth-order valence-corrected chi connectivity index (χ4v) is 5.77. The third-order valence-electron chi connectivity index (χ3n) is 7.53. The van der Waals surface area contributed by atoms with Crippen LogP contribution in [0.15, 0.2) is 12.7 Å². The number of carbonyl (C=O) groups excluding carboxylic acids is 2. The van der Waals surface area contributed by atoms with Gasteiger partial charge in [0, 0.05) is 19.3 Å². The summed E-state index contributed by atoms with van der Waals surface area (Å²) in [5.41, 5.74) is -3.25. The molecule has 0 aliphatic heterocycles. The SMILES string of the molecule is C=CC(C)(O)C(C[C@@H]1[C@@]2(C)CCCC(C)(C)[C@@H]2CC(=O)[C@@]1(C)O)OC(C)=O. The van der Waals surface area contributed by atoms with Gasteiger partial charge in [-0.25, -0.2) is 0 Å². The summed E-state index contributed by atoms with van der Waals surface area (Å²) < 4.78 is 5.43. The van der Waals surface area contributed by atoms with E-state index in [1.807, 2.05) is 0 Å². The number of aliphatic hydroxyl groups is 2. The second-order valence-corrected chi connectivity index (χ2v) is 9.99. The third-order valence-corrected chi connectivity index (χ3v) is 7.53. The van der Waals surface area contributed by atoms with Crippen molar-refractivity contribution in [2.75, 3.05) is 0 Å². The molecule has 0 aromatic rings. The van der Waals surface area contributed by atoms with E-state index in [0.717, 1.165) is 19.3 Å². The van der Waals surface area contributed by atoms with Gasteiger partial charge in [0.15, 0.2) is 5.78 Å². The van der Waals surface area contributed by atoms with Crippen LogP contribution in [0.25, 0.3) is 0 Å². The molecule has 27 heavy (non-hydrogen) atoms. The molecule has 5 nitrogen and oxygen atoms in total. The van der Waals surface area contributed by atoms with Crippen LogP contribution < -0.4 is 0 Å². The van der Waals surface area contributed by atoms with Gasteiger partial charge in [-0.1, -0.05) is 33.3 Å². The van der Waals surface area contributed by atoms with Gasteiger partial charge in [-0.15, -0.1) is 6.58 Å². The average molecular weight is 381 g/mol. The van der Waals surface area contributed by atoms with Crippen LogP contribution in [0, 0.1) is 22.7 Å². The minimum absolute atomic E-state index is 0.00467. The van der Waals surface area contributed by atoms with Crippen LogP contribution in [-0.2, 0) is 14.3 Å². The second-order valence-electron chi connectivity index (χ2n) is 9.99. The van der Waals surface area contributed by atoms with Gasteiger partial charge in [-0.05, 0) is 49.9 Å². The summed E-state index contributed by atoms with van der Waals surface area (Å²) in [5.74, 6) is -0.950. The smallest absolute Gasteiger partial charge is 0.303 e. The molecule has 154 valence electrons. The number of esters is 1. The molecular formula is C22H36O5. The lowest BCUT2D eigenvalue weighted by Gasteiger charge is -2.61. The normalized spacial score (nSPS) is 39.0. The van der Waals surface area contributed by atoms with Gasteiger partial charge in [0.05, 0.1) is 0 Å². The first-order chi connectivity index (χ1) is 12.2. The van der Waals surface area contributed by atoms with Crippen LogP contribution >= 0.6 is 0 Å². The van der Waals surface area contributed by atoms with E-state index >= 15 is 0 Å². The molecule has 0 radical (unpaired) electrons. The summed E-state index contributed by atoms with van der Waals surface area (Å²) in [6, 6.07) is 0. The minimum Gasteiger partial charge on any atom is -0.459 e. The van der Waals surface area contributed by atoms with Crippen molar-refractivity contribution in [2.45, 2.75) is 91.0 Å². The molecule has 2 unspecified atom stereocenters. The highest BCUT2D eigenvalue weighted by molar-refractivity contribution is 5.88. The molecule has 2 fully saturated rings. The molecule has 0 aromatic heterocycles. The zero-order valence-electron chi connectivity index (χ0n) is 17.7. The van der Waals surface area contributed by atoms with Gasteiger partial charge in [0.2, 0.25) is 0 Å². The molecule has 2 aliphatic rings. The molecule has 0 bridgehead atoms. The number of rotatable bonds is 5. The Kier molecular flexibility index (Phi) is 5.73. The van der Waals surface area contributed by atoms with Gasteiger partial charge < -0.3 is 14.9 Å². The first-order valence-corrected chi connectivity index (χ1v) is 9.97. The molecule has 0 aromatic carbocycles. The lowest BCUT2D eigenvalue weighted by molar-refractivity contribution is -0.195. The standard InChI is InChI=1S/C22H36O5/c1-8-21(6,25)18(27-14(2)23)13-16-20(5)11-9-10-19(3,4)15(20)12-17(24)22(16,7)26/h8,15-16,18,25-26H,1,9-13H2,2-7H3/t15-,16+,18?,20-,21?,22-/m0/s1. The van der Waals surface area contributed by atoms with E-state index in [1.165, 1.54) is 19.9 Å². The van der Waals surface area contributed by atoms with Crippen LogP contribution in [0.1, 0.15) is 73.6 Å². The zero-order valence-corrected chi connectivity index (χ0v) is 17.7. The highest BCUT2D eigenvalue weighted by Gasteiger charge is 2.62. The minimum atomic E-state index is -1.52. The Hall–Kier alpha value is -1.20. The van der Waals surface area contributed by atoms with E-state index in [2.05, 4.69) is 27.4 Å². The second kappa shape index (κ2) is 7.00. The third kappa shape index (κ3) is 3.86. The van der Waals surface area contributed by atoms with Crippen LogP contribution in [0.2, 0.25) is 0 Å². The number of hydrogen-bond acceptors (Lipinski definition) is 5. The van der Waals surface area contributed by atoms with Gasteiger partial charge in [0.25, 0.3) is 0 Å². The average Bonchev–Trinajstić information content (AvgIpc) is 2.52. The summed E-state index contributed by atoms with van der Waals surface area (Å²) in [5, 5.41) is 21.9. The highest BCUT2D eigenvalue weighted by Crippen LogP contribution is 2.62. The quantitative estimate of drug-likeness (QED) is 0.564. The van der Waals surface area contributed by atoms with E-state index in [-0.39, 0.29) is 29.0 Å². The first kappa shape index (κ1) is 22.1. The topological polar surface area (TPSA) is 83.8 Å².